The van der Waals surface area contributed by atoms with E-state index in [2.05, 4.69) is 4.90 Å². The SMILES string of the molecule is CN1C[C@@]2(CCCN(Cc3ccc(CC(=O)O)cc3)C2)OC1=O. The Hall–Kier alpha value is -2.08. The summed E-state index contributed by atoms with van der Waals surface area (Å²) in [6, 6.07) is 7.69. The van der Waals surface area contributed by atoms with Crippen LogP contribution in [0.2, 0.25) is 0 Å². The van der Waals surface area contributed by atoms with Gasteiger partial charge in [-0.15, -0.1) is 0 Å². The molecule has 0 radical (unpaired) electrons. The maximum atomic E-state index is 11.7. The molecule has 2 fully saturated rings. The fraction of sp³-hybridized carbons (Fsp3) is 0.529. The third-order valence-corrected chi connectivity index (χ3v) is 4.54. The van der Waals surface area contributed by atoms with E-state index in [1.165, 1.54) is 0 Å². The van der Waals surface area contributed by atoms with Gasteiger partial charge in [0.05, 0.1) is 13.0 Å². The number of carboxylic acids is 1. The third-order valence-electron chi connectivity index (χ3n) is 4.54. The van der Waals surface area contributed by atoms with Gasteiger partial charge in [0.2, 0.25) is 0 Å². The lowest BCUT2D eigenvalue weighted by Crippen LogP contribution is -2.50. The Bertz CT molecular complexity index is 601. The van der Waals surface area contributed by atoms with Gasteiger partial charge in [-0.05, 0) is 30.5 Å². The quantitative estimate of drug-likeness (QED) is 0.915. The number of aliphatic carboxylic acids is 1. The summed E-state index contributed by atoms with van der Waals surface area (Å²) in [7, 11) is 1.78. The number of amides is 1. The molecule has 1 aromatic rings. The number of likely N-dealkylation sites (tertiary alicyclic amines) is 1. The zero-order chi connectivity index (χ0) is 16.4. The number of rotatable bonds is 4. The van der Waals surface area contributed by atoms with Gasteiger partial charge >= 0.3 is 12.1 Å². The van der Waals surface area contributed by atoms with E-state index in [0.717, 1.165) is 43.6 Å². The summed E-state index contributed by atoms with van der Waals surface area (Å²) in [6.07, 6.45) is 1.75. The molecule has 1 aromatic carbocycles. The molecule has 0 aromatic heterocycles. The number of ether oxygens (including phenoxy) is 1. The number of nitrogens with zero attached hydrogens (tertiary/aromatic N) is 2. The van der Waals surface area contributed by atoms with Crippen LogP contribution in [0.25, 0.3) is 0 Å². The summed E-state index contributed by atoms with van der Waals surface area (Å²) in [6.45, 7) is 3.18. The molecule has 1 amide bonds. The molecule has 2 aliphatic rings. The maximum Gasteiger partial charge on any atom is 0.410 e. The van der Waals surface area contributed by atoms with Crippen LogP contribution in [0.1, 0.15) is 24.0 Å². The Morgan fingerprint density at radius 2 is 1.96 bits per heavy atom. The van der Waals surface area contributed by atoms with Crippen molar-refractivity contribution < 1.29 is 19.4 Å². The Morgan fingerprint density at radius 1 is 1.26 bits per heavy atom. The van der Waals surface area contributed by atoms with Gasteiger partial charge in [-0.1, -0.05) is 24.3 Å². The smallest absolute Gasteiger partial charge is 0.410 e. The van der Waals surface area contributed by atoms with Crippen LogP contribution in [-0.4, -0.2) is 59.3 Å². The van der Waals surface area contributed by atoms with E-state index in [-0.39, 0.29) is 18.1 Å². The van der Waals surface area contributed by atoms with Gasteiger partial charge in [-0.25, -0.2) is 4.79 Å². The van der Waals surface area contributed by atoms with Crippen molar-refractivity contribution in [1.82, 2.24) is 9.80 Å². The van der Waals surface area contributed by atoms with Crippen molar-refractivity contribution in [3.05, 3.63) is 35.4 Å². The van der Waals surface area contributed by atoms with Crippen molar-refractivity contribution in [2.45, 2.75) is 31.4 Å². The number of hydrogen-bond acceptors (Lipinski definition) is 4. The van der Waals surface area contributed by atoms with E-state index >= 15 is 0 Å². The number of piperidine rings is 1. The van der Waals surface area contributed by atoms with Crippen molar-refractivity contribution in [2.24, 2.45) is 0 Å². The molecule has 1 spiro atoms. The van der Waals surface area contributed by atoms with Crippen LogP contribution in [0.15, 0.2) is 24.3 Å². The van der Waals surface area contributed by atoms with E-state index in [4.69, 9.17) is 9.84 Å². The highest BCUT2D eigenvalue weighted by molar-refractivity contribution is 5.70. The predicted octanol–water partition coefficient (Wildman–Crippen LogP) is 1.73. The summed E-state index contributed by atoms with van der Waals surface area (Å²) in [4.78, 5) is 26.3. The van der Waals surface area contributed by atoms with Crippen LogP contribution >= 0.6 is 0 Å². The van der Waals surface area contributed by atoms with Gasteiger partial charge in [0.25, 0.3) is 0 Å². The van der Waals surface area contributed by atoms with Gasteiger partial charge in [0.1, 0.15) is 5.60 Å². The Balaban J connectivity index is 1.62. The topological polar surface area (TPSA) is 70.1 Å². The molecule has 2 aliphatic heterocycles. The van der Waals surface area contributed by atoms with Gasteiger partial charge in [-0.2, -0.15) is 0 Å². The number of carbonyl (C=O) groups is 2. The molecule has 2 heterocycles. The summed E-state index contributed by atoms with van der Waals surface area (Å²) in [5.74, 6) is -0.817. The number of hydrogen-bond donors (Lipinski definition) is 1. The number of carboxylic acid groups (broad SMARTS) is 1. The van der Waals surface area contributed by atoms with Crippen LogP contribution in [-0.2, 0) is 22.5 Å². The fourth-order valence-electron chi connectivity index (χ4n) is 3.53. The van der Waals surface area contributed by atoms with E-state index in [1.54, 1.807) is 11.9 Å². The second kappa shape index (κ2) is 6.20. The summed E-state index contributed by atoms with van der Waals surface area (Å²) < 4.78 is 5.61. The molecule has 0 unspecified atom stereocenters. The lowest BCUT2D eigenvalue weighted by Gasteiger charge is -2.38. The zero-order valence-electron chi connectivity index (χ0n) is 13.3. The Kier molecular flexibility index (Phi) is 4.26. The normalized spacial score (nSPS) is 24.9. The first kappa shape index (κ1) is 15.8. The standard InChI is InChI=1S/C17H22N2O4/c1-18-11-17(23-16(18)22)7-2-8-19(12-17)10-14-5-3-13(4-6-14)9-15(20)21/h3-6H,2,7-12H2,1H3,(H,20,21)/t17-/m1/s1. The van der Waals surface area contributed by atoms with Crippen LogP contribution in [0.4, 0.5) is 4.79 Å². The van der Waals surface area contributed by atoms with Gasteiger partial charge in [-0.3, -0.25) is 9.69 Å². The minimum absolute atomic E-state index is 0.0510. The second-order valence-electron chi connectivity index (χ2n) is 6.61. The highest BCUT2D eigenvalue weighted by Gasteiger charge is 2.46. The first-order valence-corrected chi connectivity index (χ1v) is 7.92. The molecule has 0 saturated carbocycles. The monoisotopic (exact) mass is 318 g/mol. The molecule has 0 bridgehead atoms. The molecule has 3 rings (SSSR count). The Labute approximate surface area is 135 Å². The maximum absolute atomic E-state index is 11.7. The van der Waals surface area contributed by atoms with Gasteiger partial charge < -0.3 is 14.7 Å². The molecule has 0 aliphatic carbocycles. The Morgan fingerprint density at radius 3 is 2.57 bits per heavy atom. The van der Waals surface area contributed by atoms with E-state index in [9.17, 15) is 9.59 Å². The lowest BCUT2D eigenvalue weighted by molar-refractivity contribution is -0.136. The van der Waals surface area contributed by atoms with Crippen LogP contribution in [0.3, 0.4) is 0 Å². The van der Waals surface area contributed by atoms with Crippen molar-refractivity contribution >= 4 is 12.1 Å². The first-order valence-electron chi connectivity index (χ1n) is 7.92. The van der Waals surface area contributed by atoms with E-state index in [0.29, 0.717) is 6.54 Å². The van der Waals surface area contributed by atoms with E-state index < -0.39 is 5.97 Å². The molecule has 6 nitrogen and oxygen atoms in total. The minimum Gasteiger partial charge on any atom is -0.481 e. The average Bonchev–Trinajstić information content (AvgIpc) is 2.74. The van der Waals surface area contributed by atoms with Crippen molar-refractivity contribution in [2.75, 3.05) is 26.7 Å². The minimum atomic E-state index is -0.817. The fourth-order valence-corrected chi connectivity index (χ4v) is 3.53. The molecule has 2 saturated heterocycles. The van der Waals surface area contributed by atoms with Crippen molar-refractivity contribution in [3.8, 4) is 0 Å². The van der Waals surface area contributed by atoms with Gasteiger partial charge in [0.15, 0.2) is 0 Å². The van der Waals surface area contributed by atoms with Crippen LogP contribution in [0, 0.1) is 0 Å². The summed E-state index contributed by atoms with van der Waals surface area (Å²) in [5.41, 5.74) is 1.59. The third kappa shape index (κ3) is 3.64. The highest BCUT2D eigenvalue weighted by Crippen LogP contribution is 2.31. The highest BCUT2D eigenvalue weighted by atomic mass is 16.6. The number of benzene rings is 1. The van der Waals surface area contributed by atoms with Crippen molar-refractivity contribution in [3.63, 3.8) is 0 Å². The summed E-state index contributed by atoms with van der Waals surface area (Å²) in [5, 5.41) is 8.80. The molecule has 1 N–H and O–H groups in total. The number of carbonyl (C=O) groups excluding carboxylic acids is 1. The molecular weight excluding hydrogens is 296 g/mol. The molecule has 124 valence electrons. The lowest BCUT2D eigenvalue weighted by atomic mass is 9.92. The van der Waals surface area contributed by atoms with E-state index in [1.807, 2.05) is 24.3 Å². The van der Waals surface area contributed by atoms with Crippen LogP contribution < -0.4 is 0 Å². The van der Waals surface area contributed by atoms with Crippen molar-refractivity contribution in [1.29, 1.82) is 0 Å². The van der Waals surface area contributed by atoms with Crippen LogP contribution in [0.5, 0.6) is 0 Å². The average molecular weight is 318 g/mol. The first-order chi connectivity index (χ1) is 11.0. The zero-order valence-corrected chi connectivity index (χ0v) is 13.3. The van der Waals surface area contributed by atoms with Gasteiger partial charge in [0, 0.05) is 20.1 Å². The molecular formula is C17H22N2O4. The second-order valence-corrected chi connectivity index (χ2v) is 6.61. The largest absolute Gasteiger partial charge is 0.481 e. The summed E-state index contributed by atoms with van der Waals surface area (Å²) >= 11 is 0. The predicted molar refractivity (Wildman–Crippen MR) is 84.1 cm³/mol. The number of likely N-dealkylation sites (N-methyl/N-ethyl adjacent to an activating group) is 1. The molecule has 1 atom stereocenters. The molecule has 23 heavy (non-hydrogen) atoms. The molecule has 6 heteroatoms.